The fraction of sp³-hybridized carbons (Fsp3) is 0.125. The Morgan fingerprint density at radius 1 is 0.966 bits per heavy atom. The fourth-order valence-electron chi connectivity index (χ4n) is 3.37. The normalized spacial score (nSPS) is 11.0. The zero-order chi connectivity index (χ0) is 20.4. The Labute approximate surface area is 179 Å². The molecule has 0 spiro atoms. The minimum absolute atomic E-state index is 0.309. The highest BCUT2D eigenvalue weighted by Gasteiger charge is 2.10. The first kappa shape index (κ1) is 19.6. The molecule has 0 aliphatic heterocycles. The molecular formula is C24H19Cl2NO2. The lowest BCUT2D eigenvalue weighted by atomic mass is 10.0. The summed E-state index contributed by atoms with van der Waals surface area (Å²) in [6, 6.07) is 21.4. The zero-order valence-corrected chi connectivity index (χ0v) is 17.4. The molecule has 0 bridgehead atoms. The summed E-state index contributed by atoms with van der Waals surface area (Å²) in [5.74, 6) is -0.309. The van der Waals surface area contributed by atoms with Gasteiger partial charge in [-0.25, -0.2) is 4.79 Å². The summed E-state index contributed by atoms with van der Waals surface area (Å²) in [6.07, 6.45) is 2.05. The van der Waals surface area contributed by atoms with Crippen LogP contribution in [0.5, 0.6) is 0 Å². The van der Waals surface area contributed by atoms with Crippen molar-refractivity contribution in [2.45, 2.75) is 13.5 Å². The molecule has 3 nitrogen and oxygen atoms in total. The number of carbonyl (C=O) groups excluding carboxylic acids is 1. The van der Waals surface area contributed by atoms with Crippen LogP contribution in [0.15, 0.2) is 72.9 Å². The highest BCUT2D eigenvalue weighted by molar-refractivity contribution is 6.35. The molecule has 146 valence electrons. The lowest BCUT2D eigenvalue weighted by Crippen LogP contribution is -2.04. The van der Waals surface area contributed by atoms with E-state index in [4.69, 9.17) is 27.9 Å². The highest BCUT2D eigenvalue weighted by atomic mass is 35.5. The molecule has 0 saturated carbocycles. The first-order valence-corrected chi connectivity index (χ1v) is 10.1. The summed E-state index contributed by atoms with van der Waals surface area (Å²) in [6.45, 7) is 2.80. The average molecular weight is 424 g/mol. The molecule has 4 aromatic rings. The van der Waals surface area contributed by atoms with E-state index in [1.54, 1.807) is 19.1 Å². The van der Waals surface area contributed by atoms with Crippen molar-refractivity contribution in [3.8, 4) is 11.1 Å². The third-order valence-corrected chi connectivity index (χ3v) is 5.42. The van der Waals surface area contributed by atoms with Gasteiger partial charge < -0.3 is 9.30 Å². The molecule has 0 saturated heterocycles. The maximum atomic E-state index is 12.1. The minimum Gasteiger partial charge on any atom is -0.462 e. The molecule has 0 radical (unpaired) electrons. The summed E-state index contributed by atoms with van der Waals surface area (Å²) in [5, 5.41) is 2.41. The Bertz CT molecular complexity index is 1200. The fourth-order valence-corrected chi connectivity index (χ4v) is 3.84. The number of halogens is 2. The number of hydrogen-bond donors (Lipinski definition) is 0. The monoisotopic (exact) mass is 423 g/mol. The molecule has 1 heterocycles. The second-order valence-electron chi connectivity index (χ2n) is 6.75. The average Bonchev–Trinajstić information content (AvgIpc) is 3.12. The highest BCUT2D eigenvalue weighted by Crippen LogP contribution is 2.28. The molecule has 0 unspecified atom stereocenters. The van der Waals surface area contributed by atoms with E-state index in [-0.39, 0.29) is 5.97 Å². The van der Waals surface area contributed by atoms with Gasteiger partial charge in [0.25, 0.3) is 0 Å². The second-order valence-corrected chi connectivity index (χ2v) is 7.60. The van der Waals surface area contributed by atoms with Gasteiger partial charge in [-0.15, -0.1) is 0 Å². The lowest BCUT2D eigenvalue weighted by Gasteiger charge is -2.10. The first-order valence-electron chi connectivity index (χ1n) is 9.35. The van der Waals surface area contributed by atoms with Crippen LogP contribution < -0.4 is 0 Å². The number of nitrogens with zero attached hydrogens (tertiary/aromatic N) is 1. The van der Waals surface area contributed by atoms with Gasteiger partial charge in [0.15, 0.2) is 0 Å². The summed E-state index contributed by atoms with van der Waals surface area (Å²) in [4.78, 5) is 12.1. The molecule has 29 heavy (non-hydrogen) atoms. The Hall–Kier alpha value is -2.75. The number of fused-ring (bicyclic) bond motifs is 1. The molecule has 0 aliphatic rings. The van der Waals surface area contributed by atoms with Gasteiger partial charge in [0.1, 0.15) is 0 Å². The van der Waals surface area contributed by atoms with Gasteiger partial charge in [-0.3, -0.25) is 0 Å². The predicted octanol–water partition coefficient (Wildman–Crippen LogP) is 6.84. The van der Waals surface area contributed by atoms with E-state index in [9.17, 15) is 4.79 Å². The van der Waals surface area contributed by atoms with Crippen molar-refractivity contribution in [2.24, 2.45) is 0 Å². The van der Waals surface area contributed by atoms with E-state index in [1.165, 1.54) is 0 Å². The van der Waals surface area contributed by atoms with Crippen LogP contribution in [0.4, 0.5) is 0 Å². The van der Waals surface area contributed by atoms with Crippen LogP contribution in [0.3, 0.4) is 0 Å². The number of rotatable bonds is 5. The zero-order valence-electron chi connectivity index (χ0n) is 15.9. The molecule has 0 atom stereocenters. The van der Waals surface area contributed by atoms with Gasteiger partial charge in [0.2, 0.25) is 0 Å². The molecule has 3 aromatic carbocycles. The molecule has 0 N–H and O–H groups in total. The van der Waals surface area contributed by atoms with Gasteiger partial charge >= 0.3 is 5.97 Å². The van der Waals surface area contributed by atoms with Crippen LogP contribution >= 0.6 is 23.2 Å². The van der Waals surface area contributed by atoms with Crippen molar-refractivity contribution in [3.05, 3.63) is 94.1 Å². The van der Waals surface area contributed by atoms with Crippen molar-refractivity contribution >= 4 is 40.1 Å². The molecule has 0 amide bonds. The smallest absolute Gasteiger partial charge is 0.338 e. The van der Waals surface area contributed by atoms with Crippen LogP contribution in [0.1, 0.15) is 22.8 Å². The second kappa shape index (κ2) is 8.32. The van der Waals surface area contributed by atoms with Crippen LogP contribution in [0, 0.1) is 0 Å². The minimum atomic E-state index is -0.309. The predicted molar refractivity (Wildman–Crippen MR) is 119 cm³/mol. The van der Waals surface area contributed by atoms with E-state index < -0.39 is 0 Å². The van der Waals surface area contributed by atoms with Crippen molar-refractivity contribution in [1.29, 1.82) is 0 Å². The van der Waals surface area contributed by atoms with Crippen LogP contribution in [-0.4, -0.2) is 17.1 Å². The van der Waals surface area contributed by atoms with Crippen molar-refractivity contribution < 1.29 is 9.53 Å². The molecule has 4 rings (SSSR count). The van der Waals surface area contributed by atoms with Gasteiger partial charge in [-0.1, -0.05) is 53.5 Å². The van der Waals surface area contributed by atoms with Gasteiger partial charge in [0, 0.05) is 28.3 Å². The van der Waals surface area contributed by atoms with Gasteiger partial charge in [0.05, 0.1) is 12.2 Å². The maximum absolute atomic E-state index is 12.1. The van der Waals surface area contributed by atoms with Gasteiger partial charge in [-0.05, 0) is 65.4 Å². The van der Waals surface area contributed by atoms with Crippen molar-refractivity contribution in [1.82, 2.24) is 4.57 Å². The number of aromatic nitrogens is 1. The van der Waals surface area contributed by atoms with E-state index in [0.717, 1.165) is 27.6 Å². The molecule has 0 fully saturated rings. The number of ether oxygens (including phenoxy) is 1. The quantitative estimate of drug-likeness (QED) is 0.329. The number of hydrogen-bond acceptors (Lipinski definition) is 2. The van der Waals surface area contributed by atoms with E-state index in [2.05, 4.69) is 35.0 Å². The van der Waals surface area contributed by atoms with E-state index in [0.29, 0.717) is 28.8 Å². The maximum Gasteiger partial charge on any atom is 0.338 e. The third-order valence-electron chi connectivity index (χ3n) is 4.84. The largest absolute Gasteiger partial charge is 0.462 e. The molecule has 1 aromatic heterocycles. The Morgan fingerprint density at radius 2 is 1.79 bits per heavy atom. The molecule has 0 aliphatic carbocycles. The Balaban J connectivity index is 1.70. The van der Waals surface area contributed by atoms with Gasteiger partial charge in [-0.2, -0.15) is 0 Å². The van der Waals surface area contributed by atoms with Crippen LogP contribution in [-0.2, 0) is 11.3 Å². The Morgan fingerprint density at radius 3 is 2.59 bits per heavy atom. The standard InChI is InChI=1S/C24H19Cl2NO2/c1-2-29-24(28)19-5-3-4-17(12-19)18-7-6-16-10-11-27(23(16)13-18)15-20-8-9-21(25)14-22(20)26/h3-14H,2,15H2,1H3. The van der Waals surface area contributed by atoms with Crippen LogP contribution in [0.2, 0.25) is 10.0 Å². The topological polar surface area (TPSA) is 31.2 Å². The van der Waals surface area contributed by atoms with E-state index >= 15 is 0 Å². The molecule has 5 heteroatoms. The first-order chi connectivity index (χ1) is 14.0. The Kier molecular flexibility index (Phi) is 5.61. The van der Waals surface area contributed by atoms with Crippen LogP contribution in [0.25, 0.3) is 22.0 Å². The van der Waals surface area contributed by atoms with Crippen molar-refractivity contribution in [2.75, 3.05) is 6.61 Å². The lowest BCUT2D eigenvalue weighted by molar-refractivity contribution is 0.0526. The third kappa shape index (κ3) is 4.16. The van der Waals surface area contributed by atoms with Crippen molar-refractivity contribution in [3.63, 3.8) is 0 Å². The number of esters is 1. The number of carbonyl (C=O) groups is 1. The molecular weight excluding hydrogens is 405 g/mol. The SMILES string of the molecule is CCOC(=O)c1cccc(-c2ccc3ccn(Cc4ccc(Cl)cc4Cl)c3c2)c1. The summed E-state index contributed by atoms with van der Waals surface area (Å²) in [5.41, 5.74) is 4.65. The number of benzene rings is 3. The summed E-state index contributed by atoms with van der Waals surface area (Å²) in [7, 11) is 0. The summed E-state index contributed by atoms with van der Waals surface area (Å²) >= 11 is 12.4. The summed E-state index contributed by atoms with van der Waals surface area (Å²) < 4.78 is 7.27. The van der Waals surface area contributed by atoms with E-state index in [1.807, 2.05) is 30.3 Å².